The molecular formula is C9H9F11N2OS. The van der Waals surface area contributed by atoms with Gasteiger partial charge in [0.25, 0.3) is 5.92 Å². The van der Waals surface area contributed by atoms with Gasteiger partial charge < -0.3 is 5.73 Å². The summed E-state index contributed by atoms with van der Waals surface area (Å²) in [7, 11) is 0. The van der Waals surface area contributed by atoms with Gasteiger partial charge in [0.2, 0.25) is 0 Å². The van der Waals surface area contributed by atoms with E-state index < -0.39 is 54.5 Å². The van der Waals surface area contributed by atoms with Gasteiger partial charge in [0.05, 0.1) is 6.42 Å². The Balaban J connectivity index is 5.13. The monoisotopic (exact) mass is 402 g/mol. The maximum Gasteiger partial charge on any atom is 0.460 e. The van der Waals surface area contributed by atoms with Crippen LogP contribution in [0.2, 0.25) is 0 Å². The van der Waals surface area contributed by atoms with Gasteiger partial charge in [-0.2, -0.15) is 39.5 Å². The SMILES string of the molecule is NC(=O)NSCCC(F)(F)CC(F)(F)C(F)(F)C(F)(F)C(F)(F)F. The number of hydrogen-bond acceptors (Lipinski definition) is 2. The Bertz CT molecular complexity index is 451. The lowest BCUT2D eigenvalue weighted by Gasteiger charge is -2.35. The molecular weight excluding hydrogens is 393 g/mol. The Kier molecular flexibility index (Phi) is 6.66. The highest BCUT2D eigenvalue weighted by molar-refractivity contribution is 7.97. The Hall–Kier alpha value is -1.15. The first-order chi connectivity index (χ1) is 10.4. The van der Waals surface area contributed by atoms with Gasteiger partial charge in [-0.1, -0.05) is 0 Å². The number of hydrogen-bond donors (Lipinski definition) is 2. The van der Waals surface area contributed by atoms with Crippen LogP contribution in [-0.2, 0) is 0 Å². The molecule has 0 unspecified atom stereocenters. The summed E-state index contributed by atoms with van der Waals surface area (Å²) in [5.74, 6) is -26.3. The normalized spacial score (nSPS) is 14.6. The molecule has 15 heteroatoms. The number of urea groups is 1. The lowest BCUT2D eigenvalue weighted by Crippen LogP contribution is -2.61. The molecule has 0 aliphatic rings. The zero-order chi connectivity index (χ0) is 19.6. The summed E-state index contributed by atoms with van der Waals surface area (Å²) in [6.07, 6.45) is -12.0. The van der Waals surface area contributed by atoms with E-state index in [9.17, 15) is 53.1 Å². The van der Waals surface area contributed by atoms with Gasteiger partial charge in [0.15, 0.2) is 0 Å². The van der Waals surface area contributed by atoms with E-state index in [0.29, 0.717) is 0 Å². The van der Waals surface area contributed by atoms with Gasteiger partial charge in [-0.05, 0) is 11.9 Å². The van der Waals surface area contributed by atoms with Gasteiger partial charge in [0.1, 0.15) is 0 Å². The molecule has 0 saturated heterocycles. The second-order valence-corrected chi connectivity index (χ2v) is 5.35. The molecule has 3 nitrogen and oxygen atoms in total. The number of carbonyl (C=O) groups is 1. The lowest BCUT2D eigenvalue weighted by molar-refractivity contribution is -0.400. The number of amides is 2. The topological polar surface area (TPSA) is 55.1 Å². The highest BCUT2D eigenvalue weighted by atomic mass is 32.2. The summed E-state index contributed by atoms with van der Waals surface area (Å²) >= 11 is 0.166. The molecule has 0 aliphatic heterocycles. The van der Waals surface area contributed by atoms with Crippen LogP contribution in [0.15, 0.2) is 0 Å². The van der Waals surface area contributed by atoms with Crippen molar-refractivity contribution in [3.63, 3.8) is 0 Å². The molecule has 0 bridgehead atoms. The standard InChI is InChI=1S/C9H9F11N2OS/c10-5(11,1-2-24-22-4(21)23)3-6(12,13)7(14,15)8(16,17)9(18,19)20/h1-3H2,(H3,21,22,23). The van der Waals surface area contributed by atoms with Crippen LogP contribution in [0.25, 0.3) is 0 Å². The third-order valence-electron chi connectivity index (χ3n) is 2.43. The molecule has 24 heavy (non-hydrogen) atoms. The molecule has 0 spiro atoms. The van der Waals surface area contributed by atoms with Crippen LogP contribution in [-0.4, -0.2) is 41.7 Å². The predicted octanol–water partition coefficient (Wildman–Crippen LogP) is 4.19. The summed E-state index contributed by atoms with van der Waals surface area (Å²) in [5, 5.41) is 0. The Morgan fingerprint density at radius 1 is 0.875 bits per heavy atom. The average Bonchev–Trinajstić information content (AvgIpc) is 2.31. The molecule has 2 amide bonds. The fraction of sp³-hybridized carbons (Fsp3) is 0.889. The molecule has 0 aromatic carbocycles. The summed E-state index contributed by atoms with van der Waals surface area (Å²) in [4.78, 5) is 10.2. The summed E-state index contributed by atoms with van der Waals surface area (Å²) in [6.45, 7) is 0. The fourth-order valence-corrected chi connectivity index (χ4v) is 1.90. The molecule has 0 aromatic heterocycles. The van der Waals surface area contributed by atoms with Gasteiger partial charge in [-0.25, -0.2) is 13.6 Å². The molecule has 0 radical (unpaired) electrons. The first-order valence-electron chi connectivity index (χ1n) is 5.63. The number of rotatable bonds is 8. The van der Waals surface area contributed by atoms with Crippen molar-refractivity contribution >= 4 is 18.0 Å². The number of nitrogens with one attached hydrogen (secondary N) is 1. The van der Waals surface area contributed by atoms with E-state index in [2.05, 4.69) is 5.73 Å². The highest BCUT2D eigenvalue weighted by Gasteiger charge is 2.82. The second-order valence-electron chi connectivity index (χ2n) is 4.45. The third kappa shape index (κ3) is 5.17. The van der Waals surface area contributed by atoms with Crippen LogP contribution < -0.4 is 10.5 Å². The van der Waals surface area contributed by atoms with Crippen molar-refractivity contribution in [3.8, 4) is 0 Å². The summed E-state index contributed by atoms with van der Waals surface area (Å²) < 4.78 is 140. The van der Waals surface area contributed by atoms with E-state index >= 15 is 0 Å². The quantitative estimate of drug-likeness (QED) is 0.364. The van der Waals surface area contributed by atoms with Crippen LogP contribution >= 0.6 is 11.9 Å². The number of nitrogens with two attached hydrogens (primary N) is 1. The summed E-state index contributed by atoms with van der Waals surface area (Å²) in [5.41, 5.74) is 4.52. The van der Waals surface area contributed by atoms with Gasteiger partial charge in [-0.3, -0.25) is 4.72 Å². The largest absolute Gasteiger partial charge is 0.460 e. The molecule has 144 valence electrons. The van der Waals surface area contributed by atoms with Crippen molar-refractivity contribution in [3.05, 3.63) is 0 Å². The van der Waals surface area contributed by atoms with E-state index in [4.69, 9.17) is 0 Å². The second kappa shape index (κ2) is 7.00. The van der Waals surface area contributed by atoms with E-state index in [-0.39, 0.29) is 11.9 Å². The van der Waals surface area contributed by atoms with Crippen LogP contribution in [0, 0.1) is 0 Å². The number of halogens is 11. The van der Waals surface area contributed by atoms with Crippen molar-refractivity contribution in [2.75, 3.05) is 5.75 Å². The third-order valence-corrected chi connectivity index (χ3v) is 3.19. The van der Waals surface area contributed by atoms with E-state index in [1.165, 1.54) is 0 Å². The molecule has 0 heterocycles. The zero-order valence-corrected chi connectivity index (χ0v) is 12.0. The molecule has 0 aliphatic carbocycles. The van der Waals surface area contributed by atoms with Crippen LogP contribution in [0.1, 0.15) is 12.8 Å². The molecule has 0 fully saturated rings. The molecule has 0 saturated carbocycles. The van der Waals surface area contributed by atoms with Crippen molar-refractivity contribution < 1.29 is 53.1 Å². The van der Waals surface area contributed by atoms with Gasteiger partial charge >= 0.3 is 30.0 Å². The smallest absolute Gasteiger partial charge is 0.351 e. The van der Waals surface area contributed by atoms with Crippen LogP contribution in [0.4, 0.5) is 53.1 Å². The Labute approximate surface area is 131 Å². The van der Waals surface area contributed by atoms with Crippen molar-refractivity contribution in [2.45, 2.75) is 42.7 Å². The number of carbonyl (C=O) groups excluding carboxylic acids is 1. The maximum absolute atomic E-state index is 13.2. The lowest BCUT2D eigenvalue weighted by atomic mass is 9.97. The van der Waals surface area contributed by atoms with Crippen molar-refractivity contribution in [2.24, 2.45) is 5.73 Å². The first-order valence-corrected chi connectivity index (χ1v) is 6.61. The van der Waals surface area contributed by atoms with E-state index in [1.807, 2.05) is 0 Å². The Morgan fingerprint density at radius 2 is 1.33 bits per heavy atom. The molecule has 3 N–H and O–H groups in total. The molecule has 0 aromatic rings. The van der Waals surface area contributed by atoms with E-state index in [1.54, 1.807) is 4.72 Å². The van der Waals surface area contributed by atoms with Crippen molar-refractivity contribution in [1.82, 2.24) is 4.72 Å². The predicted molar refractivity (Wildman–Crippen MR) is 60.3 cm³/mol. The van der Waals surface area contributed by atoms with Gasteiger partial charge in [-0.15, -0.1) is 0 Å². The maximum atomic E-state index is 13.2. The highest BCUT2D eigenvalue weighted by Crippen LogP contribution is 2.55. The molecule has 0 rings (SSSR count). The Morgan fingerprint density at radius 3 is 1.71 bits per heavy atom. The summed E-state index contributed by atoms with van der Waals surface area (Å²) in [6, 6.07) is -1.20. The van der Waals surface area contributed by atoms with Crippen LogP contribution in [0.5, 0.6) is 0 Å². The first kappa shape index (κ1) is 22.9. The number of alkyl halides is 11. The minimum absolute atomic E-state index is 0.166. The zero-order valence-electron chi connectivity index (χ0n) is 11.2. The fourth-order valence-electron chi connectivity index (χ4n) is 1.25. The average molecular weight is 402 g/mol. The van der Waals surface area contributed by atoms with E-state index in [0.717, 1.165) is 0 Å². The number of primary amides is 1. The minimum Gasteiger partial charge on any atom is -0.351 e. The molecule has 0 atom stereocenters. The minimum atomic E-state index is -7.22. The van der Waals surface area contributed by atoms with Gasteiger partial charge in [0, 0.05) is 12.2 Å². The van der Waals surface area contributed by atoms with Crippen molar-refractivity contribution in [1.29, 1.82) is 0 Å². The van der Waals surface area contributed by atoms with Crippen LogP contribution in [0.3, 0.4) is 0 Å².